The largest absolute Gasteiger partial charge is 0.497 e. The number of ether oxygens (including phenoxy) is 2. The van der Waals surface area contributed by atoms with Crippen LogP contribution in [0, 0.1) is 12.3 Å². The van der Waals surface area contributed by atoms with E-state index in [1.165, 1.54) is 6.21 Å². The summed E-state index contributed by atoms with van der Waals surface area (Å²) in [6, 6.07) is 41.7. The minimum atomic E-state index is -0.934. The van der Waals surface area contributed by atoms with E-state index >= 15 is 0 Å². The van der Waals surface area contributed by atoms with E-state index in [1.807, 2.05) is 116 Å². The number of carboxylic acid groups (broad SMARTS) is 1. The van der Waals surface area contributed by atoms with Crippen LogP contribution in [0.2, 0.25) is 0 Å². The van der Waals surface area contributed by atoms with E-state index in [0.29, 0.717) is 18.7 Å². The zero-order chi connectivity index (χ0) is 39.2. The topological polar surface area (TPSA) is 163 Å². The summed E-state index contributed by atoms with van der Waals surface area (Å²) >= 11 is 0. The third-order valence-electron chi connectivity index (χ3n) is 8.73. The van der Waals surface area contributed by atoms with Crippen molar-refractivity contribution in [3.63, 3.8) is 0 Å². The van der Waals surface area contributed by atoms with Crippen molar-refractivity contribution in [2.75, 3.05) is 14.2 Å². The van der Waals surface area contributed by atoms with E-state index in [9.17, 15) is 9.59 Å². The molecule has 1 heterocycles. The summed E-state index contributed by atoms with van der Waals surface area (Å²) in [7, 11) is 3.28. The molecule has 0 saturated carbocycles. The van der Waals surface area contributed by atoms with E-state index < -0.39 is 5.97 Å². The molecule has 0 fully saturated rings. The van der Waals surface area contributed by atoms with Gasteiger partial charge in [-0.25, -0.2) is 4.79 Å². The predicted molar refractivity (Wildman–Crippen MR) is 218 cm³/mol. The van der Waals surface area contributed by atoms with Gasteiger partial charge in [0.2, 0.25) is 0 Å². The molecule has 0 atom stereocenters. The van der Waals surface area contributed by atoms with E-state index in [-0.39, 0.29) is 11.5 Å². The van der Waals surface area contributed by atoms with Crippen molar-refractivity contribution in [3.8, 4) is 33.8 Å². The molecule has 7 aromatic rings. The third-order valence-corrected chi connectivity index (χ3v) is 8.73. The molecule has 6 N–H and O–H groups in total. The maximum absolute atomic E-state index is 12.6. The Kier molecular flexibility index (Phi) is 13.6. The summed E-state index contributed by atoms with van der Waals surface area (Å²) in [5, 5.41) is 27.3. The van der Waals surface area contributed by atoms with E-state index in [0.717, 1.165) is 66.9 Å². The molecule has 0 bridgehead atoms. The summed E-state index contributed by atoms with van der Waals surface area (Å²) in [5.74, 6) is 0.599. The molecule has 278 valence electrons. The molecule has 6 aromatic carbocycles. The van der Waals surface area contributed by atoms with Gasteiger partial charge in [0.15, 0.2) is 0 Å². The first-order valence-electron chi connectivity index (χ1n) is 17.4. The first kappa shape index (κ1) is 39.2. The molecule has 0 saturated heterocycles. The second-order valence-corrected chi connectivity index (χ2v) is 12.4. The van der Waals surface area contributed by atoms with Gasteiger partial charge in [0, 0.05) is 30.3 Å². The van der Waals surface area contributed by atoms with Crippen LogP contribution in [0.1, 0.15) is 43.0 Å². The maximum atomic E-state index is 12.6. The van der Waals surface area contributed by atoms with Gasteiger partial charge >= 0.3 is 5.97 Å². The van der Waals surface area contributed by atoms with Crippen LogP contribution in [0.4, 0.5) is 0 Å². The highest BCUT2D eigenvalue weighted by molar-refractivity contribution is 5.96. The smallest absolute Gasteiger partial charge is 0.335 e. The Bertz CT molecular complexity index is 2380. The zero-order valence-electron chi connectivity index (χ0n) is 30.9. The molecule has 1 amide bonds. The number of benzene rings is 6. The van der Waals surface area contributed by atoms with Crippen molar-refractivity contribution in [2.24, 2.45) is 5.73 Å². The Morgan fingerprint density at radius 2 is 1.33 bits per heavy atom. The van der Waals surface area contributed by atoms with Gasteiger partial charge in [-0.15, -0.1) is 0 Å². The summed E-state index contributed by atoms with van der Waals surface area (Å²) in [6.07, 6.45) is 3.10. The Labute approximate surface area is 320 Å². The lowest BCUT2D eigenvalue weighted by Crippen LogP contribution is -2.22. The number of aromatic carboxylic acids is 1. The van der Waals surface area contributed by atoms with Crippen molar-refractivity contribution < 1.29 is 24.2 Å². The Morgan fingerprint density at radius 3 is 1.98 bits per heavy atom. The van der Waals surface area contributed by atoms with Gasteiger partial charge in [-0.05, 0) is 118 Å². The molecule has 1 aromatic heterocycles. The molecule has 0 aliphatic carbocycles. The highest BCUT2D eigenvalue weighted by Crippen LogP contribution is 2.25. The van der Waals surface area contributed by atoms with Gasteiger partial charge in [-0.3, -0.25) is 9.89 Å². The minimum absolute atomic E-state index is 0.107. The van der Waals surface area contributed by atoms with Crippen LogP contribution in [0.15, 0.2) is 140 Å². The standard InChI is InChI=1S/C22H19N3O2.C15H13NO2.C8H11NO/c1-27-20-7-2-4-15(10-20)13-23-22(26)18-6-3-5-16(11-18)17-8-9-21-19(12-17)14-24-25-21;1-10-5-6-12(8-14(10)9-16)11-3-2-4-13(7-11)15(17)18;1-10-8-4-2-3-7(5-8)6-9/h2-12,14H,13H2,1H3,(H,23,26)(H,24,25);2-9,16H,1H3,(H,17,18);2-5H,6,9H2,1H3. The number of nitrogens with two attached hydrogens (primary N) is 1. The highest BCUT2D eigenvalue weighted by Gasteiger charge is 2.09. The van der Waals surface area contributed by atoms with E-state index in [4.69, 9.17) is 25.7 Å². The summed E-state index contributed by atoms with van der Waals surface area (Å²) in [4.78, 5) is 23.5. The van der Waals surface area contributed by atoms with Crippen LogP contribution in [-0.4, -0.2) is 47.6 Å². The van der Waals surface area contributed by atoms with Crippen LogP contribution in [-0.2, 0) is 13.1 Å². The molecule has 0 unspecified atom stereocenters. The predicted octanol–water partition coefficient (Wildman–Crippen LogP) is 8.68. The summed E-state index contributed by atoms with van der Waals surface area (Å²) in [5.41, 5.74) is 15.1. The molecule has 0 aliphatic rings. The van der Waals surface area contributed by atoms with E-state index in [1.54, 1.807) is 38.6 Å². The fraction of sp³-hybridized carbons (Fsp3) is 0.111. The van der Waals surface area contributed by atoms with Crippen molar-refractivity contribution in [1.29, 1.82) is 5.41 Å². The average molecular weight is 734 g/mol. The third kappa shape index (κ3) is 10.8. The van der Waals surface area contributed by atoms with Crippen molar-refractivity contribution in [3.05, 3.63) is 173 Å². The van der Waals surface area contributed by atoms with Gasteiger partial charge in [0.05, 0.1) is 31.5 Å². The molecule has 7 rings (SSSR count). The fourth-order valence-corrected chi connectivity index (χ4v) is 5.64. The number of rotatable bonds is 10. The Balaban J connectivity index is 0.000000178. The zero-order valence-corrected chi connectivity index (χ0v) is 30.9. The number of nitrogens with one attached hydrogen (secondary N) is 3. The van der Waals surface area contributed by atoms with Crippen molar-refractivity contribution >= 4 is 29.0 Å². The number of fused-ring (bicyclic) bond motifs is 1. The number of carboxylic acids is 1. The summed E-state index contributed by atoms with van der Waals surface area (Å²) < 4.78 is 10.2. The molecular weight excluding hydrogens is 691 g/mol. The number of carbonyl (C=O) groups is 2. The number of aromatic nitrogens is 2. The first-order chi connectivity index (χ1) is 26.7. The Morgan fingerprint density at radius 1 is 0.745 bits per heavy atom. The number of hydrogen-bond donors (Lipinski definition) is 5. The molecule has 10 heteroatoms. The van der Waals surface area contributed by atoms with Crippen molar-refractivity contribution in [1.82, 2.24) is 15.5 Å². The average Bonchev–Trinajstić information content (AvgIpc) is 3.72. The minimum Gasteiger partial charge on any atom is -0.497 e. The van der Waals surface area contributed by atoms with E-state index in [2.05, 4.69) is 21.6 Å². The van der Waals surface area contributed by atoms with Gasteiger partial charge in [-0.2, -0.15) is 5.10 Å². The Hall–Kier alpha value is -7.04. The summed E-state index contributed by atoms with van der Waals surface area (Å²) in [6.45, 7) is 2.95. The van der Waals surface area contributed by atoms with Crippen molar-refractivity contribution in [2.45, 2.75) is 20.0 Å². The van der Waals surface area contributed by atoms with Gasteiger partial charge < -0.3 is 31.0 Å². The van der Waals surface area contributed by atoms with Gasteiger partial charge in [0.25, 0.3) is 5.91 Å². The monoisotopic (exact) mass is 733 g/mol. The van der Waals surface area contributed by atoms with Crippen LogP contribution >= 0.6 is 0 Å². The van der Waals surface area contributed by atoms with Crippen LogP contribution in [0.25, 0.3) is 33.2 Å². The second kappa shape index (κ2) is 19.2. The quantitative estimate of drug-likeness (QED) is 0.0878. The number of nitrogens with zero attached hydrogens (tertiary/aromatic N) is 1. The molecule has 55 heavy (non-hydrogen) atoms. The number of carbonyl (C=O) groups excluding carboxylic acids is 1. The van der Waals surface area contributed by atoms with Crippen LogP contribution < -0.4 is 20.5 Å². The molecule has 10 nitrogen and oxygen atoms in total. The molecular formula is C45H43N5O5. The molecule has 0 radical (unpaired) electrons. The number of hydrogen-bond acceptors (Lipinski definition) is 7. The lowest BCUT2D eigenvalue weighted by Gasteiger charge is -2.09. The second-order valence-electron chi connectivity index (χ2n) is 12.4. The van der Waals surface area contributed by atoms with Gasteiger partial charge in [-0.1, -0.05) is 66.7 Å². The normalized spacial score (nSPS) is 10.3. The SMILES string of the molecule is COc1cccc(CN)c1.COc1cccc(CNC(=O)c2cccc(-c3ccc4[nH]ncc4c3)c2)c1.Cc1ccc(-c2cccc(C(=O)O)c2)cc1C=N. The van der Waals surface area contributed by atoms with Crippen LogP contribution in [0.5, 0.6) is 11.5 Å². The lowest BCUT2D eigenvalue weighted by atomic mass is 9.99. The number of aryl methyl sites for hydroxylation is 1. The van der Waals surface area contributed by atoms with Crippen LogP contribution in [0.3, 0.4) is 0 Å². The number of aromatic amines is 1. The number of methoxy groups -OCH3 is 2. The lowest BCUT2D eigenvalue weighted by molar-refractivity contribution is 0.0696. The fourth-order valence-electron chi connectivity index (χ4n) is 5.64. The number of H-pyrrole nitrogens is 1. The molecule has 0 spiro atoms. The maximum Gasteiger partial charge on any atom is 0.335 e. The highest BCUT2D eigenvalue weighted by atomic mass is 16.5. The molecule has 0 aliphatic heterocycles. The number of amides is 1. The van der Waals surface area contributed by atoms with Gasteiger partial charge in [0.1, 0.15) is 11.5 Å². The first-order valence-corrected chi connectivity index (χ1v) is 17.4.